The second-order valence-corrected chi connectivity index (χ2v) is 10.6. The van der Waals surface area contributed by atoms with Gasteiger partial charge >= 0.3 is 11.9 Å². The number of nitrogens with zero attached hydrogens (tertiary/aromatic N) is 9. The molecule has 0 aromatic carbocycles. The van der Waals surface area contributed by atoms with Gasteiger partial charge in [0.1, 0.15) is 5.69 Å². The summed E-state index contributed by atoms with van der Waals surface area (Å²) in [6.45, 7) is 6.54. The molecule has 1 fully saturated rings. The van der Waals surface area contributed by atoms with Crippen molar-refractivity contribution in [3.05, 3.63) is 59.7 Å². The molecule has 1 saturated heterocycles. The Morgan fingerprint density at radius 2 is 1.21 bits per heavy atom. The fraction of sp³-hybridized carbons (Fsp3) is 0.500. The third kappa shape index (κ3) is 9.41. The summed E-state index contributed by atoms with van der Waals surface area (Å²) in [7, 11) is 0. The molecule has 0 spiro atoms. The number of pyridine rings is 2. The summed E-state index contributed by atoms with van der Waals surface area (Å²) in [5, 5.41) is 27.6. The summed E-state index contributed by atoms with van der Waals surface area (Å²) in [5.74, 6) is -1.70. The molecule has 6 heterocycles. The average Bonchev–Trinajstić information content (AvgIpc) is 3.41. The quantitative estimate of drug-likeness (QED) is 0.402. The topological polar surface area (TPSA) is 144 Å². The Morgan fingerprint density at radius 3 is 1.79 bits per heavy atom. The van der Waals surface area contributed by atoms with Gasteiger partial charge in [-0.1, -0.05) is 17.3 Å². The molecule has 14 heteroatoms. The number of hydrogen-bond donors (Lipinski definition) is 2. The molecule has 3 aromatic heterocycles. The Labute approximate surface area is 270 Å². The molecule has 6 rings (SSSR count). The fourth-order valence-electron chi connectivity index (χ4n) is 5.36. The van der Waals surface area contributed by atoms with Gasteiger partial charge < -0.3 is 10.2 Å². The van der Waals surface area contributed by atoms with E-state index in [4.69, 9.17) is 9.97 Å². The van der Waals surface area contributed by atoms with Crippen LogP contribution in [0.5, 0.6) is 0 Å². The predicted molar refractivity (Wildman–Crippen MR) is 150 cm³/mol. The molecule has 0 unspecified atom stereocenters. The summed E-state index contributed by atoms with van der Waals surface area (Å²) < 4.78 is 1.86. The van der Waals surface area contributed by atoms with Gasteiger partial charge in [-0.15, -0.1) is 5.10 Å². The van der Waals surface area contributed by atoms with Gasteiger partial charge in [-0.3, -0.25) is 34.2 Å². The van der Waals surface area contributed by atoms with E-state index in [-0.39, 0.29) is 45.8 Å². The minimum absolute atomic E-state index is 0. The second-order valence-electron chi connectivity index (χ2n) is 10.6. The fourth-order valence-corrected chi connectivity index (χ4v) is 5.36. The van der Waals surface area contributed by atoms with E-state index < -0.39 is 11.9 Å². The van der Waals surface area contributed by atoms with Gasteiger partial charge in [-0.05, 0) is 24.3 Å². The molecule has 0 saturated carbocycles. The Hall–Kier alpha value is -2.68. The van der Waals surface area contributed by atoms with Gasteiger partial charge in [-0.2, -0.15) is 0 Å². The number of aromatic nitrogens is 5. The third-order valence-electron chi connectivity index (χ3n) is 7.55. The molecule has 0 atom stereocenters. The first-order chi connectivity index (χ1) is 19.9. The number of aliphatic carboxylic acids is 2. The first-order valence-corrected chi connectivity index (χ1v) is 14.0. The number of rotatable bonds is 4. The first-order valence-electron chi connectivity index (χ1n) is 14.0. The van der Waals surface area contributed by atoms with Crippen LogP contribution in [-0.4, -0.2) is 132 Å². The van der Waals surface area contributed by atoms with Crippen molar-refractivity contribution in [2.24, 2.45) is 0 Å². The maximum atomic E-state index is 11.7. The van der Waals surface area contributed by atoms with Crippen LogP contribution in [0.25, 0.3) is 11.4 Å². The number of carboxylic acid groups (broad SMARTS) is 2. The third-order valence-corrected chi connectivity index (χ3v) is 7.55. The zero-order valence-corrected chi connectivity index (χ0v) is 26.6. The Kier molecular flexibility index (Phi) is 12.0. The molecule has 6 bridgehead atoms. The van der Waals surface area contributed by atoms with E-state index in [0.29, 0.717) is 78.4 Å². The molecule has 3 aromatic rings. The number of fused-ring (bicyclic) bond motifs is 9. The van der Waals surface area contributed by atoms with Crippen molar-refractivity contribution in [2.75, 3.05) is 65.4 Å². The zero-order chi connectivity index (χ0) is 28.6. The molecular formula is C28H37N9O4Y. The Balaban J connectivity index is 0.00000405. The molecule has 0 aliphatic carbocycles. The van der Waals surface area contributed by atoms with E-state index >= 15 is 0 Å². The van der Waals surface area contributed by atoms with Crippen LogP contribution >= 0.6 is 0 Å². The summed E-state index contributed by atoms with van der Waals surface area (Å²) in [4.78, 5) is 41.7. The van der Waals surface area contributed by atoms with Crippen molar-refractivity contribution in [3.8, 4) is 11.4 Å². The predicted octanol–water partition coefficient (Wildman–Crippen LogP) is 0.380. The van der Waals surface area contributed by atoms with Crippen molar-refractivity contribution in [1.82, 2.24) is 44.6 Å². The molecule has 221 valence electrons. The number of aryl methyl sites for hydroxylation is 2. The SMILES string of the molecule is O=C(O)CN1CCN2CCN(CC(=O)O)CCN(CC1)Cc1cccc(n1)-c1cnnn1CCc1cccc(n1)C2.[Y]. The number of hydrogen-bond acceptors (Lipinski definition) is 10. The van der Waals surface area contributed by atoms with Crippen molar-refractivity contribution in [3.63, 3.8) is 0 Å². The van der Waals surface area contributed by atoms with Crippen LogP contribution in [0.1, 0.15) is 17.1 Å². The summed E-state index contributed by atoms with van der Waals surface area (Å²) in [6.07, 6.45) is 2.40. The van der Waals surface area contributed by atoms with Crippen molar-refractivity contribution in [1.29, 1.82) is 0 Å². The van der Waals surface area contributed by atoms with Crippen LogP contribution < -0.4 is 0 Å². The summed E-state index contributed by atoms with van der Waals surface area (Å²) in [6, 6.07) is 11.9. The van der Waals surface area contributed by atoms with Crippen LogP contribution in [0.15, 0.2) is 42.6 Å². The van der Waals surface area contributed by atoms with Crippen LogP contribution in [0.4, 0.5) is 0 Å². The molecule has 1 radical (unpaired) electrons. The Morgan fingerprint density at radius 1 is 0.690 bits per heavy atom. The van der Waals surface area contributed by atoms with Crippen molar-refractivity contribution in [2.45, 2.75) is 26.1 Å². The molecular weight excluding hydrogens is 615 g/mol. The number of carboxylic acids is 2. The summed E-state index contributed by atoms with van der Waals surface area (Å²) in [5.41, 5.74) is 4.34. The van der Waals surface area contributed by atoms with E-state index in [9.17, 15) is 19.8 Å². The van der Waals surface area contributed by atoms with Crippen LogP contribution in [-0.2, 0) is 68.4 Å². The van der Waals surface area contributed by atoms with Gasteiger partial charge in [0.25, 0.3) is 0 Å². The maximum Gasteiger partial charge on any atom is 0.317 e. The van der Waals surface area contributed by atoms with E-state index in [2.05, 4.69) is 20.1 Å². The number of carbonyl (C=O) groups is 2. The maximum absolute atomic E-state index is 11.7. The molecule has 3 aliphatic heterocycles. The van der Waals surface area contributed by atoms with Gasteiger partial charge in [0.05, 0.1) is 36.4 Å². The largest absolute Gasteiger partial charge is 0.480 e. The minimum atomic E-state index is -0.852. The van der Waals surface area contributed by atoms with Gasteiger partial charge in [0.15, 0.2) is 0 Å². The average molecular weight is 653 g/mol. The van der Waals surface area contributed by atoms with E-state index in [1.165, 1.54) is 0 Å². The monoisotopic (exact) mass is 652 g/mol. The van der Waals surface area contributed by atoms with E-state index in [1.54, 1.807) is 6.20 Å². The van der Waals surface area contributed by atoms with Gasteiger partial charge in [0, 0.05) is 117 Å². The van der Waals surface area contributed by atoms with E-state index in [0.717, 1.165) is 28.5 Å². The van der Waals surface area contributed by atoms with Gasteiger partial charge in [0.2, 0.25) is 0 Å². The normalized spacial score (nSPS) is 20.9. The van der Waals surface area contributed by atoms with Crippen molar-refractivity contribution < 1.29 is 52.5 Å². The van der Waals surface area contributed by atoms with Crippen LogP contribution in [0.3, 0.4) is 0 Å². The zero-order valence-electron chi connectivity index (χ0n) is 23.8. The van der Waals surface area contributed by atoms with Crippen LogP contribution in [0, 0.1) is 0 Å². The molecule has 13 nitrogen and oxygen atoms in total. The van der Waals surface area contributed by atoms with Crippen LogP contribution in [0.2, 0.25) is 0 Å². The smallest absolute Gasteiger partial charge is 0.317 e. The summed E-state index contributed by atoms with van der Waals surface area (Å²) >= 11 is 0. The molecule has 2 N–H and O–H groups in total. The minimum Gasteiger partial charge on any atom is -0.480 e. The molecule has 0 amide bonds. The van der Waals surface area contributed by atoms with E-state index in [1.807, 2.05) is 50.9 Å². The molecule has 42 heavy (non-hydrogen) atoms. The van der Waals surface area contributed by atoms with Gasteiger partial charge in [-0.25, -0.2) is 9.67 Å². The van der Waals surface area contributed by atoms with Crippen molar-refractivity contribution >= 4 is 11.9 Å². The first kappa shape index (κ1) is 32.2. The standard InChI is InChI=1S/C28H37N9O4.Y/c38-27(39)20-35-13-9-33-10-14-36(21-28(40)41)16-12-34(11-15-35)19-24-5-2-6-25(31-24)26-17-29-32-37(26)8-7-22-3-1-4-23(18-33)30-22;/h1-6,17H,7-16,18-21H2,(H,38,39)(H,40,41);. The molecule has 3 aliphatic rings. The Bertz CT molecular complexity index is 1310. The second kappa shape index (κ2) is 15.7.